The smallest absolute Gasteiger partial charge is 0.272 e. The van der Waals surface area contributed by atoms with E-state index in [2.05, 4.69) is 0 Å². The largest absolute Gasteiger partial charge is 0.485 e. The average Bonchev–Trinajstić information content (AvgIpc) is 2.51. The molecule has 0 N–H and O–H groups in total. The number of hydrogen-bond donors (Lipinski definition) is 0. The van der Waals surface area contributed by atoms with Crippen molar-refractivity contribution in [2.24, 2.45) is 5.41 Å². The fourth-order valence-corrected chi connectivity index (χ4v) is 3.58. The molecule has 1 atom stereocenters. The lowest BCUT2D eigenvalue weighted by atomic mass is 9.99. The zero-order valence-electron chi connectivity index (χ0n) is 16.0. The van der Waals surface area contributed by atoms with Gasteiger partial charge in [-0.2, -0.15) is 0 Å². The molecule has 1 aromatic carbocycles. The van der Waals surface area contributed by atoms with Crippen molar-refractivity contribution < 1.29 is 31.1 Å². The molecule has 0 saturated carbocycles. The van der Waals surface area contributed by atoms with E-state index in [4.69, 9.17) is 9.47 Å². The van der Waals surface area contributed by atoms with Crippen LogP contribution in [0.2, 0.25) is 0 Å². The molecule has 0 aliphatic rings. The molecule has 0 bridgehead atoms. The summed E-state index contributed by atoms with van der Waals surface area (Å²) in [5.74, 6) is -1.76. The molecular formula is C19H27F3O4S. The number of alkyl halides is 2. The predicted molar refractivity (Wildman–Crippen MR) is 99.5 cm³/mol. The lowest BCUT2D eigenvalue weighted by Gasteiger charge is -2.17. The first-order valence-electron chi connectivity index (χ1n) is 8.57. The van der Waals surface area contributed by atoms with Crippen LogP contribution in [0.1, 0.15) is 39.2 Å². The Kier molecular flexibility index (Phi) is 8.81. The highest BCUT2D eigenvalue weighted by Crippen LogP contribution is 2.25. The summed E-state index contributed by atoms with van der Waals surface area (Å²) >= 11 is 0. The monoisotopic (exact) mass is 408 g/mol. The van der Waals surface area contributed by atoms with Crippen LogP contribution in [0, 0.1) is 11.2 Å². The van der Waals surface area contributed by atoms with Crippen LogP contribution in [0.15, 0.2) is 29.7 Å². The maximum Gasteiger partial charge on any atom is 0.272 e. The highest BCUT2D eigenvalue weighted by atomic mass is 32.2. The van der Waals surface area contributed by atoms with Gasteiger partial charge in [-0.15, -0.1) is 0 Å². The van der Waals surface area contributed by atoms with Crippen LogP contribution in [0.3, 0.4) is 0 Å². The number of ether oxygens (including phenoxy) is 2. The summed E-state index contributed by atoms with van der Waals surface area (Å²) in [4.78, 5) is 0. The van der Waals surface area contributed by atoms with Crippen molar-refractivity contribution in [2.45, 2.75) is 40.0 Å². The molecule has 0 spiro atoms. The van der Waals surface area contributed by atoms with Gasteiger partial charge in [0.1, 0.15) is 6.61 Å². The van der Waals surface area contributed by atoms with Crippen LogP contribution < -0.4 is 4.74 Å². The zero-order chi connectivity index (χ0) is 20.7. The molecule has 154 valence electrons. The average molecular weight is 408 g/mol. The molecule has 8 heteroatoms. The van der Waals surface area contributed by atoms with Crippen LogP contribution in [-0.4, -0.2) is 40.4 Å². The number of benzene rings is 1. The first kappa shape index (κ1) is 23.5. The molecule has 0 aliphatic heterocycles. The maximum absolute atomic E-state index is 13.6. The molecular weight excluding hydrogens is 381 g/mol. The minimum Gasteiger partial charge on any atom is -0.485 e. The Hall–Kier alpha value is -1.54. The second kappa shape index (κ2) is 10.1. The van der Waals surface area contributed by atoms with E-state index in [0.717, 1.165) is 11.5 Å². The molecule has 0 unspecified atom stereocenters. The van der Waals surface area contributed by atoms with Crippen molar-refractivity contribution in [2.75, 3.05) is 25.6 Å². The number of hydrogen-bond acceptors (Lipinski definition) is 4. The summed E-state index contributed by atoms with van der Waals surface area (Å²) in [7, 11) is -3.51. The third-order valence-corrected chi connectivity index (χ3v) is 5.00. The van der Waals surface area contributed by atoms with E-state index >= 15 is 0 Å². The molecule has 0 radical (unpaired) electrons. The van der Waals surface area contributed by atoms with Crippen molar-refractivity contribution in [3.05, 3.63) is 41.1 Å². The number of rotatable bonds is 10. The van der Waals surface area contributed by atoms with Gasteiger partial charge in [-0.05, 0) is 35.1 Å². The number of sulfone groups is 1. The van der Waals surface area contributed by atoms with E-state index in [1.54, 1.807) is 6.92 Å². The Morgan fingerprint density at radius 2 is 1.89 bits per heavy atom. The Bertz CT molecular complexity index is 725. The first-order valence-corrected chi connectivity index (χ1v) is 10.3. The van der Waals surface area contributed by atoms with Gasteiger partial charge in [0.05, 0.1) is 19.0 Å². The minimum atomic E-state index is -3.51. The fourth-order valence-electron chi connectivity index (χ4n) is 2.21. The molecule has 0 aromatic heterocycles. The molecule has 0 saturated heterocycles. The molecule has 1 rings (SSSR count). The molecule has 0 amide bonds. The Balaban J connectivity index is 2.68. The summed E-state index contributed by atoms with van der Waals surface area (Å²) in [6.45, 7) is 7.46. The quantitative estimate of drug-likeness (QED) is 0.533. The lowest BCUT2D eigenvalue weighted by molar-refractivity contribution is 0.0798. The van der Waals surface area contributed by atoms with Gasteiger partial charge in [-0.25, -0.2) is 21.6 Å². The Morgan fingerprint density at radius 1 is 1.22 bits per heavy atom. The summed E-state index contributed by atoms with van der Waals surface area (Å²) in [5.41, 5.74) is 0.482. The lowest BCUT2D eigenvalue weighted by Crippen LogP contribution is -2.15. The van der Waals surface area contributed by atoms with Crippen LogP contribution in [0.25, 0.3) is 0 Å². The second-order valence-corrected chi connectivity index (χ2v) is 9.50. The molecule has 0 fully saturated rings. The summed E-state index contributed by atoms with van der Waals surface area (Å²) < 4.78 is 72.6. The van der Waals surface area contributed by atoms with E-state index in [1.165, 1.54) is 18.2 Å². The van der Waals surface area contributed by atoms with Gasteiger partial charge in [0.15, 0.2) is 21.4 Å². The van der Waals surface area contributed by atoms with Crippen molar-refractivity contribution in [3.63, 3.8) is 0 Å². The van der Waals surface area contributed by atoms with Crippen LogP contribution in [0.4, 0.5) is 13.2 Å². The number of halogens is 3. The molecule has 0 heterocycles. The summed E-state index contributed by atoms with van der Waals surface area (Å²) in [6, 6.07) is 3.75. The van der Waals surface area contributed by atoms with Crippen LogP contribution in [0.5, 0.6) is 5.75 Å². The van der Waals surface area contributed by atoms with Crippen LogP contribution >= 0.6 is 0 Å². The van der Waals surface area contributed by atoms with Crippen molar-refractivity contribution in [3.8, 4) is 5.75 Å². The molecule has 0 aliphatic carbocycles. The SMILES string of the molecule is C[C@@H](CS(=O)(=O)/C=C/COCC(C)(C)C)c1ccc(F)c(OCC(F)F)c1. The van der Waals surface area contributed by atoms with Gasteiger partial charge in [0, 0.05) is 5.41 Å². The summed E-state index contributed by atoms with van der Waals surface area (Å²) in [5, 5.41) is 1.10. The highest BCUT2D eigenvalue weighted by Gasteiger charge is 2.17. The van der Waals surface area contributed by atoms with E-state index in [0.29, 0.717) is 12.2 Å². The van der Waals surface area contributed by atoms with E-state index in [1.807, 2.05) is 20.8 Å². The third kappa shape index (κ3) is 9.81. The Morgan fingerprint density at radius 3 is 2.48 bits per heavy atom. The van der Waals surface area contributed by atoms with Crippen molar-refractivity contribution >= 4 is 9.84 Å². The highest BCUT2D eigenvalue weighted by molar-refractivity contribution is 7.94. The maximum atomic E-state index is 13.6. The zero-order valence-corrected chi connectivity index (χ0v) is 16.9. The van der Waals surface area contributed by atoms with E-state index in [9.17, 15) is 21.6 Å². The third-order valence-electron chi connectivity index (χ3n) is 3.42. The molecule has 1 aromatic rings. The van der Waals surface area contributed by atoms with E-state index in [-0.39, 0.29) is 23.5 Å². The fraction of sp³-hybridized carbons (Fsp3) is 0.579. The topological polar surface area (TPSA) is 52.6 Å². The van der Waals surface area contributed by atoms with Crippen molar-refractivity contribution in [1.29, 1.82) is 0 Å². The normalized spacial score (nSPS) is 14.1. The van der Waals surface area contributed by atoms with Gasteiger partial charge in [-0.3, -0.25) is 0 Å². The van der Waals surface area contributed by atoms with Crippen molar-refractivity contribution in [1.82, 2.24) is 0 Å². The Labute approximate surface area is 159 Å². The summed E-state index contributed by atoms with van der Waals surface area (Å²) in [6.07, 6.45) is -1.29. The first-order chi connectivity index (χ1) is 12.4. The predicted octanol–water partition coefficient (Wildman–Crippen LogP) is 4.56. The van der Waals surface area contributed by atoms with Crippen LogP contribution in [-0.2, 0) is 14.6 Å². The van der Waals surface area contributed by atoms with Gasteiger partial charge < -0.3 is 9.47 Å². The van der Waals surface area contributed by atoms with Gasteiger partial charge in [0.25, 0.3) is 6.43 Å². The minimum absolute atomic E-state index is 0.00604. The second-order valence-electron chi connectivity index (χ2n) is 7.57. The van der Waals surface area contributed by atoms with E-state index < -0.39 is 34.6 Å². The van der Waals surface area contributed by atoms with Gasteiger partial charge >= 0.3 is 0 Å². The van der Waals surface area contributed by atoms with Gasteiger partial charge in [-0.1, -0.05) is 33.8 Å². The standard InChI is InChI=1S/C19H27F3O4S/c1-14(12-27(23,24)9-5-8-25-13-19(2,3)4)15-6-7-16(20)17(10-15)26-11-18(21)22/h5-7,9-10,14,18H,8,11-13H2,1-4H3/b9-5+/t14-/m0/s1. The molecule has 27 heavy (non-hydrogen) atoms. The van der Waals surface area contributed by atoms with Gasteiger partial charge in [0.2, 0.25) is 0 Å². The molecule has 4 nitrogen and oxygen atoms in total.